The van der Waals surface area contributed by atoms with Gasteiger partial charge in [-0.05, 0) is 62.4 Å². The molecule has 0 aromatic heterocycles. The molecule has 2 N–H and O–H groups in total. The van der Waals surface area contributed by atoms with Crippen LogP contribution in [0, 0.1) is 25.7 Å². The molecule has 0 bridgehead atoms. The van der Waals surface area contributed by atoms with E-state index in [4.69, 9.17) is 10.5 Å². The number of hydrogen-bond donors (Lipinski definition) is 1. The van der Waals surface area contributed by atoms with Crippen molar-refractivity contribution in [1.82, 2.24) is 0 Å². The minimum absolute atomic E-state index is 0.292. The van der Waals surface area contributed by atoms with E-state index in [0.29, 0.717) is 12.0 Å². The van der Waals surface area contributed by atoms with Gasteiger partial charge in [0, 0.05) is 5.92 Å². The molecule has 0 aliphatic heterocycles. The molecule has 0 saturated heterocycles. The van der Waals surface area contributed by atoms with Crippen molar-refractivity contribution in [3.63, 3.8) is 0 Å². The SMILES string of the molecule is Cc1cc(C)cc(OC2CC(C)CCC2CN)c1. The van der Waals surface area contributed by atoms with Gasteiger partial charge in [0.25, 0.3) is 0 Å². The van der Waals surface area contributed by atoms with Gasteiger partial charge in [-0.2, -0.15) is 0 Å². The first-order chi connectivity index (χ1) is 8.58. The Hall–Kier alpha value is -1.02. The number of rotatable bonds is 3. The molecule has 1 aromatic carbocycles. The van der Waals surface area contributed by atoms with Gasteiger partial charge in [-0.1, -0.05) is 19.4 Å². The van der Waals surface area contributed by atoms with Crippen LogP contribution in [0.4, 0.5) is 0 Å². The zero-order valence-electron chi connectivity index (χ0n) is 11.8. The fraction of sp³-hybridized carbons (Fsp3) is 0.625. The van der Waals surface area contributed by atoms with Crippen LogP contribution in [-0.4, -0.2) is 12.6 Å². The molecule has 1 fully saturated rings. The largest absolute Gasteiger partial charge is 0.490 e. The molecule has 1 aliphatic rings. The Bertz CT molecular complexity index is 382. The normalized spacial score (nSPS) is 28.1. The molecule has 0 spiro atoms. The second-order valence-electron chi connectivity index (χ2n) is 5.89. The highest BCUT2D eigenvalue weighted by Gasteiger charge is 2.29. The summed E-state index contributed by atoms with van der Waals surface area (Å²) >= 11 is 0. The lowest BCUT2D eigenvalue weighted by Crippen LogP contribution is -2.37. The molecule has 0 amide bonds. The Morgan fingerprint density at radius 2 is 1.83 bits per heavy atom. The van der Waals surface area contributed by atoms with E-state index in [1.807, 2.05) is 0 Å². The van der Waals surface area contributed by atoms with Gasteiger partial charge in [0.05, 0.1) is 0 Å². The lowest BCUT2D eigenvalue weighted by Gasteiger charge is -2.34. The molecule has 1 aliphatic carbocycles. The van der Waals surface area contributed by atoms with Crippen LogP contribution in [0.5, 0.6) is 5.75 Å². The van der Waals surface area contributed by atoms with E-state index in [1.54, 1.807) is 0 Å². The van der Waals surface area contributed by atoms with Gasteiger partial charge < -0.3 is 10.5 Å². The highest BCUT2D eigenvalue weighted by molar-refractivity contribution is 5.33. The van der Waals surface area contributed by atoms with E-state index in [0.717, 1.165) is 24.6 Å². The summed E-state index contributed by atoms with van der Waals surface area (Å²) in [7, 11) is 0. The van der Waals surface area contributed by atoms with Crippen molar-refractivity contribution in [3.8, 4) is 5.75 Å². The lowest BCUT2D eigenvalue weighted by molar-refractivity contribution is 0.0741. The first kappa shape index (κ1) is 13.4. The van der Waals surface area contributed by atoms with Gasteiger partial charge >= 0.3 is 0 Å². The van der Waals surface area contributed by atoms with E-state index in [2.05, 4.69) is 39.0 Å². The summed E-state index contributed by atoms with van der Waals surface area (Å²) in [5.74, 6) is 2.27. The molecule has 3 unspecified atom stereocenters. The van der Waals surface area contributed by atoms with Crippen molar-refractivity contribution in [2.24, 2.45) is 17.6 Å². The number of benzene rings is 1. The average molecular weight is 247 g/mol. The van der Waals surface area contributed by atoms with E-state index in [9.17, 15) is 0 Å². The van der Waals surface area contributed by atoms with Crippen LogP contribution in [0.1, 0.15) is 37.3 Å². The smallest absolute Gasteiger partial charge is 0.120 e. The van der Waals surface area contributed by atoms with Crippen LogP contribution in [0.25, 0.3) is 0 Å². The van der Waals surface area contributed by atoms with Crippen LogP contribution in [0.2, 0.25) is 0 Å². The fourth-order valence-corrected chi connectivity index (χ4v) is 2.98. The summed E-state index contributed by atoms with van der Waals surface area (Å²) < 4.78 is 6.21. The highest BCUT2D eigenvalue weighted by Crippen LogP contribution is 2.31. The molecular formula is C16H25NO. The molecule has 1 saturated carbocycles. The van der Waals surface area contributed by atoms with Crippen molar-refractivity contribution in [1.29, 1.82) is 0 Å². The number of nitrogens with two attached hydrogens (primary N) is 1. The Labute approximate surface area is 111 Å². The third-order valence-electron chi connectivity index (χ3n) is 3.98. The zero-order chi connectivity index (χ0) is 13.1. The third-order valence-corrected chi connectivity index (χ3v) is 3.98. The number of ether oxygens (including phenoxy) is 1. The second-order valence-corrected chi connectivity index (χ2v) is 5.89. The summed E-state index contributed by atoms with van der Waals surface area (Å²) in [6.45, 7) is 7.28. The molecule has 0 radical (unpaired) electrons. The minimum Gasteiger partial charge on any atom is -0.490 e. The predicted molar refractivity (Wildman–Crippen MR) is 75.9 cm³/mol. The Morgan fingerprint density at radius 1 is 1.17 bits per heavy atom. The number of hydrogen-bond acceptors (Lipinski definition) is 2. The summed E-state index contributed by atoms with van der Waals surface area (Å²) in [5.41, 5.74) is 8.40. The van der Waals surface area contributed by atoms with E-state index >= 15 is 0 Å². The Morgan fingerprint density at radius 3 is 2.44 bits per heavy atom. The van der Waals surface area contributed by atoms with E-state index < -0.39 is 0 Å². The standard InChI is InChI=1S/C16H25NO/c1-11-4-5-14(10-17)16(9-11)18-15-7-12(2)6-13(3)8-15/h6-8,11,14,16H,4-5,9-10,17H2,1-3H3. The van der Waals surface area contributed by atoms with Crippen LogP contribution >= 0.6 is 0 Å². The van der Waals surface area contributed by atoms with Gasteiger partial charge in [-0.25, -0.2) is 0 Å². The van der Waals surface area contributed by atoms with Crippen LogP contribution < -0.4 is 10.5 Å². The Balaban J connectivity index is 2.10. The Kier molecular flexibility index (Phi) is 4.28. The molecule has 2 nitrogen and oxygen atoms in total. The maximum Gasteiger partial charge on any atom is 0.120 e. The monoisotopic (exact) mass is 247 g/mol. The van der Waals surface area contributed by atoms with Gasteiger partial charge in [0.1, 0.15) is 11.9 Å². The van der Waals surface area contributed by atoms with Gasteiger partial charge in [-0.15, -0.1) is 0 Å². The maximum atomic E-state index is 6.21. The van der Waals surface area contributed by atoms with Crippen molar-refractivity contribution in [2.45, 2.75) is 46.1 Å². The highest BCUT2D eigenvalue weighted by atomic mass is 16.5. The van der Waals surface area contributed by atoms with Crippen molar-refractivity contribution < 1.29 is 4.74 Å². The molecule has 100 valence electrons. The predicted octanol–water partition coefficient (Wildman–Crippen LogP) is 3.45. The zero-order valence-corrected chi connectivity index (χ0v) is 11.8. The van der Waals surface area contributed by atoms with Crippen LogP contribution in [0.15, 0.2) is 18.2 Å². The molecule has 0 heterocycles. The first-order valence-corrected chi connectivity index (χ1v) is 7.03. The quantitative estimate of drug-likeness (QED) is 0.888. The van der Waals surface area contributed by atoms with Gasteiger partial charge in [-0.3, -0.25) is 0 Å². The summed E-state index contributed by atoms with van der Waals surface area (Å²) in [4.78, 5) is 0. The molecule has 2 rings (SSSR count). The van der Waals surface area contributed by atoms with E-state index in [-0.39, 0.29) is 0 Å². The van der Waals surface area contributed by atoms with Crippen molar-refractivity contribution >= 4 is 0 Å². The molecule has 2 heteroatoms. The van der Waals surface area contributed by atoms with Crippen molar-refractivity contribution in [3.05, 3.63) is 29.3 Å². The van der Waals surface area contributed by atoms with Crippen LogP contribution in [0.3, 0.4) is 0 Å². The lowest BCUT2D eigenvalue weighted by atomic mass is 9.80. The number of aryl methyl sites for hydroxylation is 2. The topological polar surface area (TPSA) is 35.2 Å². The summed E-state index contributed by atoms with van der Waals surface area (Å²) in [5, 5.41) is 0. The molecule has 3 atom stereocenters. The third kappa shape index (κ3) is 3.26. The first-order valence-electron chi connectivity index (χ1n) is 7.03. The summed E-state index contributed by atoms with van der Waals surface area (Å²) in [6.07, 6.45) is 3.91. The molecular weight excluding hydrogens is 222 g/mol. The summed E-state index contributed by atoms with van der Waals surface area (Å²) in [6, 6.07) is 6.43. The minimum atomic E-state index is 0.292. The van der Waals surface area contributed by atoms with E-state index in [1.165, 1.54) is 24.0 Å². The molecule has 1 aromatic rings. The van der Waals surface area contributed by atoms with Gasteiger partial charge in [0.2, 0.25) is 0 Å². The van der Waals surface area contributed by atoms with Crippen molar-refractivity contribution in [2.75, 3.05) is 6.54 Å². The fourth-order valence-electron chi connectivity index (χ4n) is 2.98. The molecule has 18 heavy (non-hydrogen) atoms. The van der Waals surface area contributed by atoms with Crippen LogP contribution in [-0.2, 0) is 0 Å². The average Bonchev–Trinajstić information content (AvgIpc) is 2.27. The van der Waals surface area contributed by atoms with Gasteiger partial charge in [0.15, 0.2) is 0 Å². The maximum absolute atomic E-state index is 6.21. The second kappa shape index (κ2) is 5.75.